The Morgan fingerprint density at radius 1 is 1.11 bits per heavy atom. The van der Waals surface area contributed by atoms with Crippen molar-refractivity contribution >= 4 is 5.69 Å². The van der Waals surface area contributed by atoms with E-state index in [1.807, 2.05) is 6.92 Å². The molecular formula is C15H14N2O2. The first-order valence-electron chi connectivity index (χ1n) is 5.93. The van der Waals surface area contributed by atoms with Crippen LogP contribution in [0, 0.1) is 11.3 Å². The smallest absolute Gasteiger partial charge is 0.140 e. The average molecular weight is 254 g/mol. The molecule has 2 aromatic carbocycles. The number of hydrogen-bond donors (Lipinski definition) is 1. The summed E-state index contributed by atoms with van der Waals surface area (Å²) in [4.78, 5) is 0. The van der Waals surface area contributed by atoms with Crippen LogP contribution in [0.4, 0.5) is 5.69 Å². The van der Waals surface area contributed by atoms with Gasteiger partial charge >= 0.3 is 0 Å². The molecule has 19 heavy (non-hydrogen) atoms. The average Bonchev–Trinajstić information content (AvgIpc) is 2.42. The molecule has 0 amide bonds. The van der Waals surface area contributed by atoms with Crippen LogP contribution in [0.3, 0.4) is 0 Å². The molecule has 0 spiro atoms. The normalized spacial score (nSPS) is 9.68. The molecule has 0 aliphatic rings. The van der Waals surface area contributed by atoms with Crippen molar-refractivity contribution < 1.29 is 9.47 Å². The zero-order valence-electron chi connectivity index (χ0n) is 10.6. The van der Waals surface area contributed by atoms with Gasteiger partial charge in [-0.15, -0.1) is 0 Å². The van der Waals surface area contributed by atoms with Gasteiger partial charge in [0.1, 0.15) is 23.3 Å². The minimum absolute atomic E-state index is 0.492. The molecule has 0 fully saturated rings. The van der Waals surface area contributed by atoms with Crippen LogP contribution in [-0.4, -0.2) is 6.61 Å². The predicted molar refractivity (Wildman–Crippen MR) is 73.3 cm³/mol. The first-order valence-corrected chi connectivity index (χ1v) is 5.93. The Balaban J connectivity index is 2.23. The van der Waals surface area contributed by atoms with Crippen molar-refractivity contribution in [2.75, 3.05) is 12.3 Å². The van der Waals surface area contributed by atoms with Gasteiger partial charge in [-0.25, -0.2) is 0 Å². The van der Waals surface area contributed by atoms with E-state index in [0.29, 0.717) is 35.1 Å². The molecule has 0 heterocycles. The van der Waals surface area contributed by atoms with Crippen LogP contribution >= 0.6 is 0 Å². The Kier molecular flexibility index (Phi) is 3.89. The van der Waals surface area contributed by atoms with Crippen LogP contribution in [0.2, 0.25) is 0 Å². The SMILES string of the molecule is CCOc1cc(Oc2ccc(N)cc2)ccc1C#N. The van der Waals surface area contributed by atoms with E-state index in [4.69, 9.17) is 20.5 Å². The molecule has 0 bridgehead atoms. The van der Waals surface area contributed by atoms with Gasteiger partial charge in [0, 0.05) is 11.8 Å². The number of nitrogens with zero attached hydrogens (tertiary/aromatic N) is 1. The summed E-state index contributed by atoms with van der Waals surface area (Å²) in [5, 5.41) is 8.97. The van der Waals surface area contributed by atoms with Crippen LogP contribution in [0.25, 0.3) is 0 Å². The predicted octanol–water partition coefficient (Wildman–Crippen LogP) is 3.33. The van der Waals surface area contributed by atoms with E-state index in [-0.39, 0.29) is 0 Å². The quantitative estimate of drug-likeness (QED) is 0.850. The van der Waals surface area contributed by atoms with Crippen molar-refractivity contribution in [2.45, 2.75) is 6.92 Å². The molecule has 4 heteroatoms. The molecule has 0 atom stereocenters. The zero-order valence-corrected chi connectivity index (χ0v) is 10.6. The van der Waals surface area contributed by atoms with E-state index < -0.39 is 0 Å². The summed E-state index contributed by atoms with van der Waals surface area (Å²) in [6, 6.07) is 14.3. The Morgan fingerprint density at radius 3 is 2.42 bits per heavy atom. The molecule has 0 aliphatic carbocycles. The third-order valence-corrected chi connectivity index (χ3v) is 2.49. The molecule has 0 radical (unpaired) electrons. The summed E-state index contributed by atoms with van der Waals surface area (Å²) in [5.41, 5.74) is 6.78. The second kappa shape index (κ2) is 5.78. The van der Waals surface area contributed by atoms with Crippen LogP contribution < -0.4 is 15.2 Å². The van der Waals surface area contributed by atoms with Gasteiger partial charge in [-0.2, -0.15) is 5.26 Å². The summed E-state index contributed by atoms with van der Waals surface area (Å²) in [7, 11) is 0. The minimum atomic E-state index is 0.492. The fourth-order valence-corrected chi connectivity index (χ4v) is 1.61. The highest BCUT2D eigenvalue weighted by atomic mass is 16.5. The summed E-state index contributed by atoms with van der Waals surface area (Å²) < 4.78 is 11.1. The van der Waals surface area contributed by atoms with E-state index in [1.165, 1.54) is 0 Å². The Labute approximate surface area is 112 Å². The van der Waals surface area contributed by atoms with Crippen molar-refractivity contribution in [1.82, 2.24) is 0 Å². The highest BCUT2D eigenvalue weighted by Gasteiger charge is 2.06. The third kappa shape index (κ3) is 3.17. The van der Waals surface area contributed by atoms with Crippen molar-refractivity contribution in [1.29, 1.82) is 5.26 Å². The van der Waals surface area contributed by atoms with Gasteiger partial charge in [0.15, 0.2) is 0 Å². The van der Waals surface area contributed by atoms with Crippen LogP contribution in [0.5, 0.6) is 17.2 Å². The molecule has 0 aliphatic heterocycles. The lowest BCUT2D eigenvalue weighted by Crippen LogP contribution is -1.95. The maximum Gasteiger partial charge on any atom is 0.140 e. The molecular weight excluding hydrogens is 240 g/mol. The van der Waals surface area contributed by atoms with E-state index >= 15 is 0 Å². The Morgan fingerprint density at radius 2 is 1.79 bits per heavy atom. The van der Waals surface area contributed by atoms with E-state index in [2.05, 4.69) is 6.07 Å². The van der Waals surface area contributed by atoms with Crippen LogP contribution in [0.15, 0.2) is 42.5 Å². The van der Waals surface area contributed by atoms with Gasteiger partial charge < -0.3 is 15.2 Å². The number of benzene rings is 2. The van der Waals surface area contributed by atoms with Gasteiger partial charge in [-0.1, -0.05) is 0 Å². The van der Waals surface area contributed by atoms with E-state index in [0.717, 1.165) is 0 Å². The maximum atomic E-state index is 8.97. The van der Waals surface area contributed by atoms with Gasteiger partial charge in [-0.3, -0.25) is 0 Å². The van der Waals surface area contributed by atoms with Gasteiger partial charge in [0.25, 0.3) is 0 Å². The number of anilines is 1. The van der Waals surface area contributed by atoms with Crippen molar-refractivity contribution in [2.24, 2.45) is 0 Å². The lowest BCUT2D eigenvalue weighted by Gasteiger charge is -2.09. The minimum Gasteiger partial charge on any atom is -0.492 e. The summed E-state index contributed by atoms with van der Waals surface area (Å²) >= 11 is 0. The van der Waals surface area contributed by atoms with Crippen molar-refractivity contribution in [3.63, 3.8) is 0 Å². The Hall–Kier alpha value is -2.67. The monoisotopic (exact) mass is 254 g/mol. The number of hydrogen-bond acceptors (Lipinski definition) is 4. The molecule has 2 rings (SSSR count). The van der Waals surface area contributed by atoms with Crippen LogP contribution in [-0.2, 0) is 0 Å². The largest absolute Gasteiger partial charge is 0.492 e. The molecule has 0 saturated heterocycles. The third-order valence-electron chi connectivity index (χ3n) is 2.49. The molecule has 2 N–H and O–H groups in total. The molecule has 0 unspecified atom stereocenters. The van der Waals surface area contributed by atoms with Crippen molar-refractivity contribution in [3.8, 4) is 23.3 Å². The number of nitrogen functional groups attached to an aromatic ring is 1. The first kappa shape index (κ1) is 12.8. The van der Waals surface area contributed by atoms with E-state index in [1.54, 1.807) is 42.5 Å². The summed E-state index contributed by atoms with van der Waals surface area (Å²) in [6.45, 7) is 2.37. The maximum absolute atomic E-state index is 8.97. The van der Waals surface area contributed by atoms with Gasteiger partial charge in [-0.05, 0) is 43.3 Å². The standard InChI is InChI=1S/C15H14N2O2/c1-2-18-15-9-14(6-3-11(15)10-16)19-13-7-4-12(17)5-8-13/h3-9H,2,17H2,1H3. The number of rotatable bonds is 4. The van der Waals surface area contributed by atoms with Crippen LogP contribution in [0.1, 0.15) is 12.5 Å². The molecule has 4 nitrogen and oxygen atoms in total. The second-order valence-corrected chi connectivity index (χ2v) is 3.87. The highest BCUT2D eigenvalue weighted by Crippen LogP contribution is 2.28. The molecule has 0 aromatic heterocycles. The summed E-state index contributed by atoms with van der Waals surface area (Å²) in [5.74, 6) is 1.83. The Bertz CT molecular complexity index is 601. The number of nitriles is 1. The first-order chi connectivity index (χ1) is 9.22. The summed E-state index contributed by atoms with van der Waals surface area (Å²) in [6.07, 6.45) is 0. The zero-order chi connectivity index (χ0) is 13.7. The fraction of sp³-hybridized carbons (Fsp3) is 0.133. The fourth-order valence-electron chi connectivity index (χ4n) is 1.61. The molecule has 2 aromatic rings. The lowest BCUT2D eigenvalue weighted by molar-refractivity contribution is 0.337. The number of ether oxygens (including phenoxy) is 2. The topological polar surface area (TPSA) is 68.3 Å². The second-order valence-electron chi connectivity index (χ2n) is 3.87. The highest BCUT2D eigenvalue weighted by molar-refractivity contribution is 5.49. The van der Waals surface area contributed by atoms with E-state index in [9.17, 15) is 0 Å². The van der Waals surface area contributed by atoms with Gasteiger partial charge in [0.2, 0.25) is 0 Å². The van der Waals surface area contributed by atoms with Crippen molar-refractivity contribution in [3.05, 3.63) is 48.0 Å². The molecule has 0 saturated carbocycles. The molecule has 96 valence electrons. The lowest BCUT2D eigenvalue weighted by atomic mass is 10.2. The van der Waals surface area contributed by atoms with Gasteiger partial charge in [0.05, 0.1) is 12.2 Å². The number of nitrogens with two attached hydrogens (primary N) is 1.